The van der Waals surface area contributed by atoms with Crippen molar-refractivity contribution in [2.75, 3.05) is 33.2 Å². The van der Waals surface area contributed by atoms with Crippen molar-refractivity contribution in [3.8, 4) is 16.8 Å². The van der Waals surface area contributed by atoms with Gasteiger partial charge in [-0.15, -0.1) is 0 Å². The highest BCUT2D eigenvalue weighted by atomic mass is 19.1. The van der Waals surface area contributed by atoms with Crippen molar-refractivity contribution < 1.29 is 14.3 Å². The maximum atomic E-state index is 14.5. The van der Waals surface area contributed by atoms with Gasteiger partial charge in [0.1, 0.15) is 5.82 Å². The first-order valence-corrected chi connectivity index (χ1v) is 16.9. The second-order valence-electron chi connectivity index (χ2n) is 14.3. The lowest BCUT2D eigenvalue weighted by molar-refractivity contribution is 0.0506. The molecule has 254 valence electrons. The molecule has 1 aliphatic heterocycles. The summed E-state index contributed by atoms with van der Waals surface area (Å²) in [4.78, 5) is 50.7. The lowest BCUT2D eigenvalue weighted by Crippen LogP contribution is -2.53. The third-order valence-corrected chi connectivity index (χ3v) is 9.83. The largest absolute Gasteiger partial charge is 0.465 e. The van der Waals surface area contributed by atoms with Crippen molar-refractivity contribution in [3.63, 3.8) is 0 Å². The van der Waals surface area contributed by atoms with Gasteiger partial charge in [-0.25, -0.2) is 23.5 Å². The molecule has 0 radical (unpaired) electrons. The molecule has 2 aliphatic rings. The summed E-state index contributed by atoms with van der Waals surface area (Å²) in [6.07, 6.45) is 3.07. The predicted molar refractivity (Wildman–Crippen MR) is 185 cm³/mol. The summed E-state index contributed by atoms with van der Waals surface area (Å²) >= 11 is 0. The first-order chi connectivity index (χ1) is 22.9. The van der Waals surface area contributed by atoms with Gasteiger partial charge >= 0.3 is 11.8 Å². The Balaban J connectivity index is 1.32. The molecular weight excluding hydrogens is 611 g/mol. The molecule has 6 rings (SSSR count). The van der Waals surface area contributed by atoms with E-state index in [4.69, 9.17) is 0 Å². The molecular formula is C37H45FN6O4. The van der Waals surface area contributed by atoms with Crippen LogP contribution in [0.4, 0.5) is 9.18 Å². The molecule has 3 heterocycles. The van der Waals surface area contributed by atoms with Gasteiger partial charge in [0.25, 0.3) is 5.56 Å². The smallest absolute Gasteiger partial charge is 0.407 e. The number of pyridine rings is 1. The van der Waals surface area contributed by atoms with E-state index < -0.39 is 34.7 Å². The molecule has 48 heavy (non-hydrogen) atoms. The van der Waals surface area contributed by atoms with Crippen molar-refractivity contribution in [1.82, 2.24) is 28.8 Å². The molecule has 4 aromatic rings. The van der Waals surface area contributed by atoms with Gasteiger partial charge in [0, 0.05) is 37.3 Å². The lowest BCUT2D eigenvalue weighted by atomic mass is 9.88. The van der Waals surface area contributed by atoms with Gasteiger partial charge in [-0.2, -0.15) is 0 Å². The minimum absolute atomic E-state index is 0.0213. The minimum Gasteiger partial charge on any atom is -0.465 e. The van der Waals surface area contributed by atoms with E-state index in [1.807, 2.05) is 39.0 Å². The van der Waals surface area contributed by atoms with Crippen molar-refractivity contribution >= 4 is 17.1 Å². The maximum Gasteiger partial charge on any atom is 0.407 e. The molecule has 2 aromatic carbocycles. The number of carboxylic acid groups (broad SMARTS) is 1. The average molecular weight is 657 g/mol. The van der Waals surface area contributed by atoms with Crippen LogP contribution in [0.1, 0.15) is 64.5 Å². The summed E-state index contributed by atoms with van der Waals surface area (Å²) in [6.45, 7) is 10.8. The second-order valence-corrected chi connectivity index (χ2v) is 14.3. The zero-order valence-corrected chi connectivity index (χ0v) is 28.2. The Hall–Kier alpha value is -4.35. The highest BCUT2D eigenvalue weighted by molar-refractivity contribution is 5.76. The van der Waals surface area contributed by atoms with Crippen LogP contribution in [0.5, 0.6) is 0 Å². The van der Waals surface area contributed by atoms with Gasteiger partial charge in [-0.1, -0.05) is 36.4 Å². The van der Waals surface area contributed by atoms with Crippen LogP contribution in [0.15, 0.2) is 70.4 Å². The molecule has 1 amide bonds. The molecule has 1 aliphatic carbocycles. The fourth-order valence-electron chi connectivity index (χ4n) is 7.45. The van der Waals surface area contributed by atoms with Gasteiger partial charge in [-0.3, -0.25) is 14.3 Å². The fourth-order valence-corrected chi connectivity index (χ4v) is 7.45. The molecule has 0 bridgehead atoms. The molecule has 2 fully saturated rings. The molecule has 0 atom stereocenters. The summed E-state index contributed by atoms with van der Waals surface area (Å²) in [5, 5.41) is 9.93. The number of aromatic nitrogens is 3. The highest BCUT2D eigenvalue weighted by Gasteiger charge is 2.37. The number of hydrogen-bond acceptors (Lipinski definition) is 6. The van der Waals surface area contributed by atoms with Crippen LogP contribution >= 0.6 is 0 Å². The summed E-state index contributed by atoms with van der Waals surface area (Å²) in [7, 11) is 2.17. The van der Waals surface area contributed by atoms with Crippen LogP contribution in [0.2, 0.25) is 0 Å². The van der Waals surface area contributed by atoms with Gasteiger partial charge in [0.2, 0.25) is 0 Å². The third kappa shape index (κ3) is 6.93. The van der Waals surface area contributed by atoms with E-state index in [0.29, 0.717) is 31.4 Å². The van der Waals surface area contributed by atoms with E-state index in [9.17, 15) is 23.9 Å². The van der Waals surface area contributed by atoms with Gasteiger partial charge in [0.15, 0.2) is 5.65 Å². The Morgan fingerprint density at radius 2 is 1.69 bits per heavy atom. The summed E-state index contributed by atoms with van der Waals surface area (Å²) in [6, 6.07) is 16.4. The van der Waals surface area contributed by atoms with Crippen LogP contribution in [-0.2, 0) is 6.54 Å². The van der Waals surface area contributed by atoms with Crippen LogP contribution in [0.25, 0.3) is 27.8 Å². The van der Waals surface area contributed by atoms with Crippen molar-refractivity contribution in [2.24, 2.45) is 0 Å². The van der Waals surface area contributed by atoms with E-state index in [2.05, 4.69) is 46.1 Å². The van der Waals surface area contributed by atoms with Crippen LogP contribution in [0.3, 0.4) is 0 Å². The van der Waals surface area contributed by atoms with Gasteiger partial charge < -0.3 is 14.9 Å². The maximum absolute atomic E-state index is 14.5. The van der Waals surface area contributed by atoms with Gasteiger partial charge in [0.05, 0.1) is 17.3 Å². The summed E-state index contributed by atoms with van der Waals surface area (Å²) in [5.41, 5.74) is 2.01. The first kappa shape index (κ1) is 33.5. The molecule has 1 N–H and O–H groups in total. The molecule has 10 nitrogen and oxygen atoms in total. The lowest BCUT2D eigenvalue weighted by Gasteiger charge is -2.42. The quantitative estimate of drug-likeness (QED) is 0.282. The van der Waals surface area contributed by atoms with Crippen LogP contribution in [0, 0.1) is 5.82 Å². The van der Waals surface area contributed by atoms with Crippen LogP contribution in [-0.4, -0.2) is 84.8 Å². The fraction of sp³-hybridized carbons (Fsp3) is 0.459. The number of hydrogen-bond donors (Lipinski definition) is 1. The van der Waals surface area contributed by atoms with Crippen LogP contribution < -0.4 is 11.2 Å². The Bertz CT molecular complexity index is 1910. The standard InChI is InChI=1S/C37H45FN6O4/c1-37(2,3)44(36(47)48)30-15-13-29(14-16-30)43-34(45)32-22-28(38)23-39-33(32)42(35(43)46)31-8-5-7-27(21-31)26-11-9-25(10-12-26)24-41-18-6-17-40(4)19-20-41/h5,7-12,21-23,29-30H,6,13-20,24H2,1-4H3,(H,47,48). The Morgan fingerprint density at radius 1 is 0.958 bits per heavy atom. The molecule has 0 spiro atoms. The number of halogens is 1. The van der Waals surface area contributed by atoms with Crippen molar-refractivity contribution in [1.29, 1.82) is 0 Å². The Kier molecular flexibility index (Phi) is 9.53. The number of fused-ring (bicyclic) bond motifs is 1. The Labute approximate surface area is 280 Å². The topological polar surface area (TPSA) is 104 Å². The van der Waals surface area contributed by atoms with E-state index in [-0.39, 0.29) is 17.1 Å². The molecule has 11 heteroatoms. The zero-order chi connectivity index (χ0) is 34.2. The number of nitrogens with zero attached hydrogens (tertiary/aromatic N) is 6. The zero-order valence-electron chi connectivity index (χ0n) is 28.2. The van der Waals surface area contributed by atoms with E-state index >= 15 is 0 Å². The number of rotatable bonds is 6. The van der Waals surface area contributed by atoms with E-state index in [1.165, 1.54) is 19.6 Å². The molecule has 1 saturated carbocycles. The van der Waals surface area contributed by atoms with Crippen molar-refractivity contribution in [3.05, 3.63) is 93.0 Å². The van der Waals surface area contributed by atoms with Crippen molar-refractivity contribution in [2.45, 2.75) is 77.0 Å². The minimum atomic E-state index is -0.988. The first-order valence-electron chi connectivity index (χ1n) is 16.9. The van der Waals surface area contributed by atoms with Gasteiger partial charge in [-0.05, 0) is 108 Å². The predicted octanol–water partition coefficient (Wildman–Crippen LogP) is 5.75. The second kappa shape index (κ2) is 13.6. The molecule has 0 unspecified atom stereocenters. The number of likely N-dealkylation sites (N-methyl/N-ethyl adjacent to an activating group) is 1. The number of benzene rings is 2. The monoisotopic (exact) mass is 656 g/mol. The number of carbonyl (C=O) groups is 1. The number of amides is 1. The highest BCUT2D eigenvalue weighted by Crippen LogP contribution is 2.33. The molecule has 1 saturated heterocycles. The summed E-state index contributed by atoms with van der Waals surface area (Å²) in [5.74, 6) is -0.664. The Morgan fingerprint density at radius 3 is 2.38 bits per heavy atom. The SMILES string of the molecule is CN1CCCN(Cc2ccc(-c3cccc(-n4c(=O)n(C5CCC(N(C(=O)O)C(C)(C)C)CC5)c(=O)c5cc(F)cnc54)c3)cc2)CC1. The van der Waals surface area contributed by atoms with E-state index in [0.717, 1.165) is 62.5 Å². The van der Waals surface area contributed by atoms with E-state index in [1.54, 1.807) is 6.07 Å². The average Bonchev–Trinajstić information content (AvgIpc) is 3.25. The summed E-state index contributed by atoms with van der Waals surface area (Å²) < 4.78 is 17.1. The normalized spacial score (nSPS) is 19.7. The molecule has 2 aromatic heterocycles. The third-order valence-electron chi connectivity index (χ3n) is 9.83.